The van der Waals surface area contributed by atoms with Crippen molar-refractivity contribution < 1.29 is 18.7 Å². The molecule has 0 aliphatic heterocycles. The maximum absolute atomic E-state index is 12.8. The van der Waals surface area contributed by atoms with Gasteiger partial charge >= 0.3 is 0 Å². The number of rotatable bonds is 4. The van der Waals surface area contributed by atoms with Gasteiger partial charge in [-0.3, -0.25) is 25.4 Å². The average Bonchev–Trinajstić information content (AvgIpc) is 2.55. The Morgan fingerprint density at radius 3 is 2.50 bits per heavy atom. The van der Waals surface area contributed by atoms with E-state index in [1.807, 2.05) is 0 Å². The van der Waals surface area contributed by atoms with Crippen molar-refractivity contribution in [2.24, 2.45) is 0 Å². The number of nitrogens with zero attached hydrogens (tertiary/aromatic N) is 1. The van der Waals surface area contributed by atoms with Gasteiger partial charge in [-0.25, -0.2) is 4.39 Å². The van der Waals surface area contributed by atoms with Crippen LogP contribution in [0.15, 0.2) is 48.7 Å². The third-order valence-electron chi connectivity index (χ3n) is 2.69. The summed E-state index contributed by atoms with van der Waals surface area (Å²) in [6, 6.07) is 10.1. The topological polar surface area (TPSA) is 80.3 Å². The molecule has 1 aromatic carbocycles. The van der Waals surface area contributed by atoms with Crippen molar-refractivity contribution in [3.8, 4) is 5.75 Å². The van der Waals surface area contributed by atoms with Crippen molar-refractivity contribution in [3.05, 3.63) is 60.2 Å². The summed E-state index contributed by atoms with van der Waals surface area (Å²) in [4.78, 5) is 27.3. The van der Waals surface area contributed by atoms with Crippen LogP contribution in [0.1, 0.15) is 17.4 Å². The minimum Gasteiger partial charge on any atom is -0.481 e. The van der Waals surface area contributed by atoms with Crippen molar-refractivity contribution in [3.63, 3.8) is 0 Å². The lowest BCUT2D eigenvalue weighted by molar-refractivity contribution is -0.128. The number of pyridine rings is 1. The van der Waals surface area contributed by atoms with Crippen LogP contribution in [-0.4, -0.2) is 22.9 Å². The summed E-state index contributed by atoms with van der Waals surface area (Å²) < 4.78 is 18.1. The van der Waals surface area contributed by atoms with E-state index in [2.05, 4.69) is 15.8 Å². The number of benzene rings is 1. The van der Waals surface area contributed by atoms with E-state index in [4.69, 9.17) is 4.74 Å². The van der Waals surface area contributed by atoms with Crippen molar-refractivity contribution >= 4 is 11.8 Å². The predicted molar refractivity (Wildman–Crippen MR) is 76.3 cm³/mol. The summed E-state index contributed by atoms with van der Waals surface area (Å²) in [5.74, 6) is -1.14. The van der Waals surface area contributed by atoms with E-state index < -0.39 is 23.7 Å². The van der Waals surface area contributed by atoms with Gasteiger partial charge in [-0.2, -0.15) is 0 Å². The van der Waals surface area contributed by atoms with Crippen LogP contribution in [0.5, 0.6) is 5.75 Å². The molecule has 0 fully saturated rings. The largest absolute Gasteiger partial charge is 0.481 e. The summed E-state index contributed by atoms with van der Waals surface area (Å²) in [5.41, 5.74) is 4.64. The Hall–Kier alpha value is -2.96. The van der Waals surface area contributed by atoms with Gasteiger partial charge in [0.25, 0.3) is 11.8 Å². The Labute approximate surface area is 126 Å². The number of ether oxygens (including phenoxy) is 1. The molecular formula is C15H14FN3O3. The van der Waals surface area contributed by atoms with Gasteiger partial charge in [0, 0.05) is 6.20 Å². The standard InChI is InChI=1S/C15H14FN3O3/c1-10(22-12-7-5-11(16)6-8-12)14(20)18-19-15(21)13-4-2-3-9-17-13/h2-10H,1H3,(H,18,20)(H,19,21)/t10-/m0/s1. The summed E-state index contributed by atoms with van der Waals surface area (Å²) >= 11 is 0. The second-order valence-corrected chi connectivity index (χ2v) is 4.37. The first-order chi connectivity index (χ1) is 10.6. The van der Waals surface area contributed by atoms with Crippen LogP contribution in [0.4, 0.5) is 4.39 Å². The van der Waals surface area contributed by atoms with Gasteiger partial charge in [-0.1, -0.05) is 6.07 Å². The highest BCUT2D eigenvalue weighted by molar-refractivity contribution is 5.94. The second kappa shape index (κ2) is 7.16. The van der Waals surface area contributed by atoms with E-state index in [-0.39, 0.29) is 5.69 Å². The number of amides is 2. The van der Waals surface area contributed by atoms with Crippen molar-refractivity contribution in [1.29, 1.82) is 0 Å². The van der Waals surface area contributed by atoms with Crippen molar-refractivity contribution in [1.82, 2.24) is 15.8 Å². The number of carbonyl (C=O) groups is 2. The Morgan fingerprint density at radius 2 is 1.86 bits per heavy atom. The molecule has 6 nitrogen and oxygen atoms in total. The third-order valence-corrected chi connectivity index (χ3v) is 2.69. The SMILES string of the molecule is C[C@H](Oc1ccc(F)cc1)C(=O)NNC(=O)c1ccccn1. The van der Waals surface area contributed by atoms with E-state index in [9.17, 15) is 14.0 Å². The molecule has 22 heavy (non-hydrogen) atoms. The Kier molecular flexibility index (Phi) is 5.02. The molecule has 0 saturated carbocycles. The molecule has 2 aromatic rings. The lowest BCUT2D eigenvalue weighted by Crippen LogP contribution is -2.47. The van der Waals surface area contributed by atoms with E-state index in [0.29, 0.717) is 5.75 Å². The number of carbonyl (C=O) groups excluding carboxylic acids is 2. The number of hydrogen-bond donors (Lipinski definition) is 2. The quantitative estimate of drug-likeness (QED) is 0.838. The summed E-state index contributed by atoms with van der Waals surface area (Å²) in [5, 5.41) is 0. The molecule has 1 heterocycles. The molecule has 1 aromatic heterocycles. The lowest BCUT2D eigenvalue weighted by Gasteiger charge is -2.15. The molecule has 0 unspecified atom stereocenters. The maximum atomic E-state index is 12.8. The van der Waals surface area contributed by atoms with Gasteiger partial charge in [0.05, 0.1) is 0 Å². The zero-order valence-electron chi connectivity index (χ0n) is 11.7. The summed E-state index contributed by atoms with van der Waals surface area (Å²) in [7, 11) is 0. The molecule has 0 spiro atoms. The highest BCUT2D eigenvalue weighted by Crippen LogP contribution is 2.12. The van der Waals surface area contributed by atoms with Crippen LogP contribution in [0, 0.1) is 5.82 Å². The first-order valence-corrected chi connectivity index (χ1v) is 6.49. The Morgan fingerprint density at radius 1 is 1.14 bits per heavy atom. The maximum Gasteiger partial charge on any atom is 0.288 e. The summed E-state index contributed by atoms with van der Waals surface area (Å²) in [6.07, 6.45) is 0.603. The highest BCUT2D eigenvalue weighted by atomic mass is 19.1. The highest BCUT2D eigenvalue weighted by Gasteiger charge is 2.16. The minimum atomic E-state index is -0.866. The molecule has 2 N–H and O–H groups in total. The third kappa shape index (κ3) is 4.27. The van der Waals surface area contributed by atoms with Gasteiger partial charge in [0.1, 0.15) is 17.3 Å². The first kappa shape index (κ1) is 15.4. The Balaban J connectivity index is 1.84. The molecular weight excluding hydrogens is 289 g/mol. The fraction of sp³-hybridized carbons (Fsp3) is 0.133. The molecule has 7 heteroatoms. The predicted octanol–water partition coefficient (Wildman–Crippen LogP) is 1.45. The molecule has 2 amide bonds. The van der Waals surface area contributed by atoms with Crippen LogP contribution in [0.25, 0.3) is 0 Å². The van der Waals surface area contributed by atoms with Gasteiger partial charge in [-0.05, 0) is 43.3 Å². The molecule has 2 rings (SSSR count). The smallest absolute Gasteiger partial charge is 0.288 e. The van der Waals surface area contributed by atoms with Crippen LogP contribution in [0.3, 0.4) is 0 Å². The van der Waals surface area contributed by atoms with Crippen molar-refractivity contribution in [2.45, 2.75) is 13.0 Å². The normalized spacial score (nSPS) is 11.4. The Bertz CT molecular complexity index is 647. The molecule has 0 aliphatic rings. The summed E-state index contributed by atoms with van der Waals surface area (Å²) in [6.45, 7) is 1.51. The molecule has 1 atom stereocenters. The number of halogens is 1. The van der Waals surface area contributed by atoms with Gasteiger partial charge in [-0.15, -0.1) is 0 Å². The molecule has 0 bridgehead atoms. The zero-order valence-corrected chi connectivity index (χ0v) is 11.7. The molecule has 0 saturated heterocycles. The second-order valence-electron chi connectivity index (χ2n) is 4.37. The van der Waals surface area contributed by atoms with Gasteiger partial charge in [0.2, 0.25) is 0 Å². The minimum absolute atomic E-state index is 0.176. The van der Waals surface area contributed by atoms with Crippen LogP contribution in [-0.2, 0) is 4.79 Å². The van der Waals surface area contributed by atoms with E-state index in [1.165, 1.54) is 43.5 Å². The van der Waals surface area contributed by atoms with E-state index in [1.54, 1.807) is 12.1 Å². The van der Waals surface area contributed by atoms with E-state index in [0.717, 1.165) is 0 Å². The van der Waals surface area contributed by atoms with Gasteiger partial charge in [0.15, 0.2) is 6.10 Å². The van der Waals surface area contributed by atoms with Gasteiger partial charge < -0.3 is 4.74 Å². The molecule has 0 radical (unpaired) electrons. The molecule has 0 aliphatic carbocycles. The fourth-order valence-corrected chi connectivity index (χ4v) is 1.55. The van der Waals surface area contributed by atoms with E-state index >= 15 is 0 Å². The zero-order chi connectivity index (χ0) is 15.9. The van der Waals surface area contributed by atoms with Crippen LogP contribution < -0.4 is 15.6 Å². The van der Waals surface area contributed by atoms with Crippen LogP contribution >= 0.6 is 0 Å². The lowest BCUT2D eigenvalue weighted by atomic mass is 10.3. The number of hydrogen-bond acceptors (Lipinski definition) is 4. The number of nitrogens with one attached hydrogen (secondary N) is 2. The number of hydrazine groups is 1. The van der Waals surface area contributed by atoms with Crippen molar-refractivity contribution in [2.75, 3.05) is 0 Å². The first-order valence-electron chi connectivity index (χ1n) is 6.49. The fourth-order valence-electron chi connectivity index (χ4n) is 1.55. The van der Waals surface area contributed by atoms with Crippen LogP contribution in [0.2, 0.25) is 0 Å². The molecule has 114 valence electrons. The monoisotopic (exact) mass is 303 g/mol. The average molecular weight is 303 g/mol. The number of aromatic nitrogens is 1.